The maximum absolute atomic E-state index is 11.8. The van der Waals surface area contributed by atoms with Crippen molar-refractivity contribution in [1.82, 2.24) is 10.2 Å². The summed E-state index contributed by atoms with van der Waals surface area (Å²) in [4.78, 5) is 24.3. The van der Waals surface area contributed by atoms with Crippen LogP contribution in [0.15, 0.2) is 0 Å². The van der Waals surface area contributed by atoms with Gasteiger partial charge in [0.05, 0.1) is 6.10 Å². The molecule has 6 nitrogen and oxygen atoms in total. The molecule has 0 bridgehead atoms. The summed E-state index contributed by atoms with van der Waals surface area (Å²) in [5.41, 5.74) is 0. The molecule has 0 aliphatic carbocycles. The molecule has 1 saturated heterocycles. The van der Waals surface area contributed by atoms with E-state index in [1.807, 2.05) is 0 Å². The van der Waals surface area contributed by atoms with E-state index in [9.17, 15) is 14.7 Å². The standard InChI is InChI=1S/C11H20N2O4/c1-7(2)9(10(15)16)12-11(17)13-5-3-8(14)4-6-13/h7-9,14H,3-6H2,1-2H3,(H,12,17)(H,15,16). The number of carboxylic acids is 1. The van der Waals surface area contributed by atoms with Crippen molar-refractivity contribution < 1.29 is 19.8 Å². The van der Waals surface area contributed by atoms with Crippen molar-refractivity contribution in [1.29, 1.82) is 0 Å². The fourth-order valence-corrected chi connectivity index (χ4v) is 1.81. The Morgan fingerprint density at radius 3 is 2.24 bits per heavy atom. The third kappa shape index (κ3) is 3.89. The van der Waals surface area contributed by atoms with E-state index in [4.69, 9.17) is 5.11 Å². The molecule has 2 amide bonds. The molecule has 0 spiro atoms. The first-order valence-electron chi connectivity index (χ1n) is 5.88. The van der Waals surface area contributed by atoms with Crippen LogP contribution in [-0.2, 0) is 4.79 Å². The molecule has 17 heavy (non-hydrogen) atoms. The molecule has 0 aromatic heterocycles. The molecule has 0 radical (unpaired) electrons. The van der Waals surface area contributed by atoms with Crippen LogP contribution in [0.2, 0.25) is 0 Å². The summed E-state index contributed by atoms with van der Waals surface area (Å²) in [5, 5.41) is 20.8. The number of nitrogens with one attached hydrogen (secondary N) is 1. The van der Waals surface area contributed by atoms with Crippen molar-refractivity contribution >= 4 is 12.0 Å². The lowest BCUT2D eigenvalue weighted by atomic mass is 10.0. The maximum Gasteiger partial charge on any atom is 0.326 e. The van der Waals surface area contributed by atoms with Gasteiger partial charge in [0, 0.05) is 13.1 Å². The number of piperidine rings is 1. The molecule has 1 fully saturated rings. The zero-order valence-corrected chi connectivity index (χ0v) is 10.2. The highest BCUT2D eigenvalue weighted by molar-refractivity contribution is 5.82. The first-order valence-corrected chi connectivity index (χ1v) is 5.88. The van der Waals surface area contributed by atoms with Gasteiger partial charge >= 0.3 is 12.0 Å². The Morgan fingerprint density at radius 2 is 1.82 bits per heavy atom. The lowest BCUT2D eigenvalue weighted by molar-refractivity contribution is -0.140. The topological polar surface area (TPSA) is 89.9 Å². The van der Waals surface area contributed by atoms with E-state index in [0.29, 0.717) is 25.9 Å². The Balaban J connectivity index is 2.50. The number of rotatable bonds is 3. The number of hydrogen-bond donors (Lipinski definition) is 3. The molecule has 1 unspecified atom stereocenters. The highest BCUT2D eigenvalue weighted by Gasteiger charge is 2.27. The summed E-state index contributed by atoms with van der Waals surface area (Å²) in [5.74, 6) is -1.18. The largest absolute Gasteiger partial charge is 0.480 e. The summed E-state index contributed by atoms with van der Waals surface area (Å²) in [6.07, 6.45) is 0.749. The van der Waals surface area contributed by atoms with Gasteiger partial charge in [0.15, 0.2) is 0 Å². The summed E-state index contributed by atoms with van der Waals surface area (Å²) >= 11 is 0. The highest BCUT2D eigenvalue weighted by atomic mass is 16.4. The Hall–Kier alpha value is -1.30. The van der Waals surface area contributed by atoms with Gasteiger partial charge in [0.2, 0.25) is 0 Å². The Labute approximate surface area is 101 Å². The Bertz CT molecular complexity index is 285. The number of carbonyl (C=O) groups excluding carboxylic acids is 1. The minimum absolute atomic E-state index is 0.160. The van der Waals surface area contributed by atoms with Crippen molar-refractivity contribution in [3.05, 3.63) is 0 Å². The molecule has 1 rings (SSSR count). The van der Waals surface area contributed by atoms with E-state index in [2.05, 4.69) is 5.32 Å². The van der Waals surface area contributed by atoms with Crippen LogP contribution in [0.5, 0.6) is 0 Å². The summed E-state index contributed by atoms with van der Waals surface area (Å²) < 4.78 is 0. The first kappa shape index (κ1) is 13.8. The van der Waals surface area contributed by atoms with E-state index in [1.54, 1.807) is 18.7 Å². The fourth-order valence-electron chi connectivity index (χ4n) is 1.81. The Kier molecular flexibility index (Phi) is 4.74. The van der Waals surface area contributed by atoms with Crippen LogP contribution in [-0.4, -0.2) is 52.3 Å². The second-order valence-electron chi connectivity index (χ2n) is 4.73. The van der Waals surface area contributed by atoms with Crippen LogP contribution in [0, 0.1) is 5.92 Å². The van der Waals surface area contributed by atoms with Gasteiger partial charge in [-0.15, -0.1) is 0 Å². The molecule has 1 heterocycles. The number of urea groups is 1. The molecular formula is C11H20N2O4. The quantitative estimate of drug-likeness (QED) is 0.664. The summed E-state index contributed by atoms with van der Waals surface area (Å²) in [6, 6.07) is -1.23. The lowest BCUT2D eigenvalue weighted by Crippen LogP contribution is -2.52. The zero-order valence-electron chi connectivity index (χ0n) is 10.2. The number of aliphatic hydroxyl groups excluding tert-OH is 1. The number of hydrogen-bond acceptors (Lipinski definition) is 3. The third-order valence-electron chi connectivity index (χ3n) is 2.96. The van der Waals surface area contributed by atoms with E-state index in [0.717, 1.165) is 0 Å². The van der Waals surface area contributed by atoms with Crippen molar-refractivity contribution in [2.45, 2.75) is 38.8 Å². The van der Waals surface area contributed by atoms with Crippen LogP contribution in [0.1, 0.15) is 26.7 Å². The third-order valence-corrected chi connectivity index (χ3v) is 2.96. The van der Waals surface area contributed by atoms with Crippen LogP contribution in [0.3, 0.4) is 0 Å². The zero-order chi connectivity index (χ0) is 13.0. The van der Waals surface area contributed by atoms with Gasteiger partial charge in [-0.05, 0) is 18.8 Å². The van der Waals surface area contributed by atoms with Crippen LogP contribution in [0.25, 0.3) is 0 Å². The van der Waals surface area contributed by atoms with Crippen molar-refractivity contribution in [2.75, 3.05) is 13.1 Å². The maximum atomic E-state index is 11.8. The molecule has 1 aliphatic rings. The Morgan fingerprint density at radius 1 is 1.29 bits per heavy atom. The first-order chi connectivity index (χ1) is 7.91. The van der Waals surface area contributed by atoms with Gasteiger partial charge in [-0.1, -0.05) is 13.8 Å². The minimum Gasteiger partial charge on any atom is -0.480 e. The number of nitrogens with zero attached hydrogens (tertiary/aromatic N) is 1. The molecule has 98 valence electrons. The molecule has 6 heteroatoms. The van der Waals surface area contributed by atoms with Gasteiger partial charge in [-0.2, -0.15) is 0 Å². The number of amides is 2. The number of carboxylic acid groups (broad SMARTS) is 1. The second kappa shape index (κ2) is 5.86. The number of aliphatic hydroxyl groups is 1. The van der Waals surface area contributed by atoms with E-state index in [1.165, 1.54) is 0 Å². The van der Waals surface area contributed by atoms with Gasteiger partial charge in [0.25, 0.3) is 0 Å². The fraction of sp³-hybridized carbons (Fsp3) is 0.818. The number of aliphatic carboxylic acids is 1. The normalized spacial score (nSPS) is 19.2. The predicted molar refractivity (Wildman–Crippen MR) is 61.6 cm³/mol. The summed E-state index contributed by atoms with van der Waals surface area (Å²) in [6.45, 7) is 4.44. The molecular weight excluding hydrogens is 224 g/mol. The lowest BCUT2D eigenvalue weighted by Gasteiger charge is -2.31. The van der Waals surface area contributed by atoms with Gasteiger partial charge in [-0.3, -0.25) is 0 Å². The van der Waals surface area contributed by atoms with E-state index in [-0.39, 0.29) is 18.1 Å². The predicted octanol–water partition coefficient (Wildman–Crippen LogP) is 0.262. The van der Waals surface area contributed by atoms with Crippen molar-refractivity contribution in [2.24, 2.45) is 5.92 Å². The minimum atomic E-state index is -1.02. The molecule has 1 atom stereocenters. The summed E-state index contributed by atoms with van der Waals surface area (Å²) in [7, 11) is 0. The van der Waals surface area contributed by atoms with Gasteiger partial charge in [0.1, 0.15) is 6.04 Å². The van der Waals surface area contributed by atoms with E-state index >= 15 is 0 Å². The monoisotopic (exact) mass is 244 g/mol. The molecule has 0 saturated carbocycles. The molecule has 0 aromatic carbocycles. The highest BCUT2D eigenvalue weighted by Crippen LogP contribution is 2.11. The van der Waals surface area contributed by atoms with Crippen LogP contribution in [0.4, 0.5) is 4.79 Å². The van der Waals surface area contributed by atoms with Crippen molar-refractivity contribution in [3.8, 4) is 0 Å². The average Bonchev–Trinajstić information content (AvgIpc) is 2.25. The molecule has 0 aromatic rings. The second-order valence-corrected chi connectivity index (χ2v) is 4.73. The average molecular weight is 244 g/mol. The molecule has 3 N–H and O–H groups in total. The van der Waals surface area contributed by atoms with Crippen LogP contribution < -0.4 is 5.32 Å². The SMILES string of the molecule is CC(C)C(NC(=O)N1CCC(O)CC1)C(=O)O. The number of carbonyl (C=O) groups is 2. The smallest absolute Gasteiger partial charge is 0.326 e. The molecule has 1 aliphatic heterocycles. The van der Waals surface area contributed by atoms with Crippen molar-refractivity contribution in [3.63, 3.8) is 0 Å². The van der Waals surface area contributed by atoms with E-state index < -0.39 is 12.0 Å². The van der Waals surface area contributed by atoms with Crippen LogP contribution >= 0.6 is 0 Å². The van der Waals surface area contributed by atoms with Gasteiger partial charge < -0.3 is 20.4 Å². The number of likely N-dealkylation sites (tertiary alicyclic amines) is 1. The van der Waals surface area contributed by atoms with Gasteiger partial charge in [-0.25, -0.2) is 9.59 Å².